The summed E-state index contributed by atoms with van der Waals surface area (Å²) in [7, 11) is 0. The second-order valence-corrected chi connectivity index (χ2v) is 4.78. The van der Waals surface area contributed by atoms with Gasteiger partial charge in [0.1, 0.15) is 12.4 Å². The highest BCUT2D eigenvalue weighted by Crippen LogP contribution is 2.16. The van der Waals surface area contributed by atoms with E-state index in [-0.39, 0.29) is 0 Å². The van der Waals surface area contributed by atoms with Crippen LogP contribution in [-0.2, 0) is 11.3 Å². The minimum absolute atomic E-state index is 0.296. The number of hydrogen-bond donors (Lipinski definition) is 0. The van der Waals surface area contributed by atoms with Gasteiger partial charge < -0.3 is 9.57 Å². The van der Waals surface area contributed by atoms with Gasteiger partial charge in [0, 0.05) is 0 Å². The molecule has 3 nitrogen and oxygen atoms in total. The van der Waals surface area contributed by atoms with Gasteiger partial charge in [0.2, 0.25) is 0 Å². The van der Waals surface area contributed by atoms with Crippen LogP contribution in [0, 0.1) is 5.92 Å². The second kappa shape index (κ2) is 6.43. The van der Waals surface area contributed by atoms with E-state index in [0.29, 0.717) is 19.1 Å². The van der Waals surface area contributed by atoms with Crippen molar-refractivity contribution >= 4 is 5.71 Å². The Balaban J connectivity index is 1.81. The highest BCUT2D eigenvalue weighted by molar-refractivity contribution is 5.85. The topological polar surface area (TPSA) is 30.8 Å². The molecular weight excluding hydrogens is 226 g/mol. The molecule has 1 aliphatic heterocycles. The van der Waals surface area contributed by atoms with E-state index in [1.165, 1.54) is 18.4 Å². The van der Waals surface area contributed by atoms with E-state index in [1.807, 2.05) is 19.1 Å². The predicted octanol–water partition coefficient (Wildman–Crippen LogP) is 3.43. The quantitative estimate of drug-likeness (QED) is 0.771. The molecule has 0 bridgehead atoms. The third-order valence-corrected chi connectivity index (χ3v) is 3.27. The zero-order valence-electron chi connectivity index (χ0n) is 11.2. The van der Waals surface area contributed by atoms with Crippen LogP contribution in [0.1, 0.15) is 32.3 Å². The molecule has 1 heterocycles. The molecule has 0 spiro atoms. The minimum Gasteiger partial charge on any atom is -0.493 e. The van der Waals surface area contributed by atoms with E-state index in [1.54, 1.807) is 0 Å². The van der Waals surface area contributed by atoms with Crippen LogP contribution in [-0.4, -0.2) is 18.9 Å². The highest BCUT2D eigenvalue weighted by Gasteiger charge is 2.19. The molecule has 98 valence electrons. The minimum atomic E-state index is 0.296. The molecular formula is C15H21NO2. The number of rotatable bonds is 6. The standard InChI is InChI=1S/C15H21NO2/c1-3-4-5-13-6-8-15(9-7-13)17-10-14-11-18-16-12(14)2/h6-9,14H,3-5,10-11H2,1-2H3. The van der Waals surface area contributed by atoms with Gasteiger partial charge in [-0.25, -0.2) is 0 Å². The number of unbranched alkanes of at least 4 members (excludes halogenated alkanes) is 1. The summed E-state index contributed by atoms with van der Waals surface area (Å²) < 4.78 is 5.76. The third-order valence-electron chi connectivity index (χ3n) is 3.27. The van der Waals surface area contributed by atoms with Crippen molar-refractivity contribution in [2.45, 2.75) is 33.1 Å². The fourth-order valence-corrected chi connectivity index (χ4v) is 1.92. The Labute approximate surface area is 109 Å². The molecule has 1 aromatic rings. The van der Waals surface area contributed by atoms with E-state index >= 15 is 0 Å². The fourth-order valence-electron chi connectivity index (χ4n) is 1.92. The molecule has 0 aromatic heterocycles. The molecule has 0 fully saturated rings. The lowest BCUT2D eigenvalue weighted by molar-refractivity contribution is 0.137. The summed E-state index contributed by atoms with van der Waals surface area (Å²) in [5.74, 6) is 1.22. The van der Waals surface area contributed by atoms with Crippen LogP contribution >= 0.6 is 0 Å². The SMILES string of the molecule is CCCCc1ccc(OCC2CON=C2C)cc1. The number of nitrogens with zero attached hydrogens (tertiary/aromatic N) is 1. The van der Waals surface area contributed by atoms with Gasteiger partial charge in [-0.15, -0.1) is 0 Å². The first-order chi connectivity index (χ1) is 8.79. The summed E-state index contributed by atoms with van der Waals surface area (Å²) in [5.41, 5.74) is 2.40. The number of oxime groups is 1. The Bertz CT molecular complexity index is 397. The van der Waals surface area contributed by atoms with Crippen molar-refractivity contribution in [3.05, 3.63) is 29.8 Å². The maximum atomic E-state index is 5.76. The second-order valence-electron chi connectivity index (χ2n) is 4.78. The van der Waals surface area contributed by atoms with E-state index in [0.717, 1.165) is 17.9 Å². The smallest absolute Gasteiger partial charge is 0.128 e. The zero-order chi connectivity index (χ0) is 12.8. The Hall–Kier alpha value is -1.51. The van der Waals surface area contributed by atoms with Crippen LogP contribution in [0.3, 0.4) is 0 Å². The zero-order valence-corrected chi connectivity index (χ0v) is 11.2. The number of aryl methyl sites for hydroxylation is 1. The van der Waals surface area contributed by atoms with E-state index in [2.05, 4.69) is 24.2 Å². The van der Waals surface area contributed by atoms with Gasteiger partial charge in [0.05, 0.1) is 18.2 Å². The average molecular weight is 247 g/mol. The van der Waals surface area contributed by atoms with Gasteiger partial charge in [-0.3, -0.25) is 0 Å². The lowest BCUT2D eigenvalue weighted by Gasteiger charge is -2.10. The maximum Gasteiger partial charge on any atom is 0.128 e. The Morgan fingerprint density at radius 2 is 2.11 bits per heavy atom. The Morgan fingerprint density at radius 1 is 1.33 bits per heavy atom. The van der Waals surface area contributed by atoms with Gasteiger partial charge in [-0.2, -0.15) is 0 Å². The summed E-state index contributed by atoms with van der Waals surface area (Å²) in [6.45, 7) is 5.48. The Kier molecular flexibility index (Phi) is 4.62. The van der Waals surface area contributed by atoms with Crippen LogP contribution in [0.5, 0.6) is 5.75 Å². The highest BCUT2D eigenvalue weighted by atomic mass is 16.6. The molecule has 0 aliphatic carbocycles. The van der Waals surface area contributed by atoms with Crippen molar-refractivity contribution in [2.24, 2.45) is 11.1 Å². The average Bonchev–Trinajstić information content (AvgIpc) is 2.81. The van der Waals surface area contributed by atoms with Gasteiger partial charge in [-0.1, -0.05) is 30.6 Å². The van der Waals surface area contributed by atoms with Crippen LogP contribution in [0.15, 0.2) is 29.4 Å². The Morgan fingerprint density at radius 3 is 2.72 bits per heavy atom. The summed E-state index contributed by atoms with van der Waals surface area (Å²) >= 11 is 0. The fraction of sp³-hybridized carbons (Fsp3) is 0.533. The molecule has 0 N–H and O–H groups in total. The van der Waals surface area contributed by atoms with E-state index < -0.39 is 0 Å². The van der Waals surface area contributed by atoms with Crippen LogP contribution < -0.4 is 4.74 Å². The summed E-state index contributed by atoms with van der Waals surface area (Å²) in [5, 5.41) is 3.91. The monoisotopic (exact) mass is 247 g/mol. The van der Waals surface area contributed by atoms with E-state index in [4.69, 9.17) is 9.57 Å². The van der Waals surface area contributed by atoms with Gasteiger partial charge >= 0.3 is 0 Å². The van der Waals surface area contributed by atoms with Crippen LogP contribution in [0.4, 0.5) is 0 Å². The molecule has 2 rings (SSSR count). The molecule has 1 unspecified atom stereocenters. The van der Waals surface area contributed by atoms with Gasteiger partial charge in [0.25, 0.3) is 0 Å². The summed E-state index contributed by atoms with van der Waals surface area (Å²) in [6, 6.07) is 8.40. The molecule has 0 amide bonds. The lowest BCUT2D eigenvalue weighted by Crippen LogP contribution is -2.19. The molecule has 0 radical (unpaired) electrons. The first kappa shape index (κ1) is 12.9. The lowest BCUT2D eigenvalue weighted by atomic mass is 10.1. The van der Waals surface area contributed by atoms with Crippen LogP contribution in [0.2, 0.25) is 0 Å². The summed E-state index contributed by atoms with van der Waals surface area (Å²) in [6.07, 6.45) is 3.63. The molecule has 1 aliphatic rings. The number of ether oxygens (including phenoxy) is 1. The normalized spacial score (nSPS) is 18.3. The molecule has 1 aromatic carbocycles. The first-order valence-electron chi connectivity index (χ1n) is 6.67. The molecule has 3 heteroatoms. The van der Waals surface area contributed by atoms with Crippen LogP contribution in [0.25, 0.3) is 0 Å². The van der Waals surface area contributed by atoms with E-state index in [9.17, 15) is 0 Å². The maximum absolute atomic E-state index is 5.76. The molecule has 0 saturated carbocycles. The predicted molar refractivity (Wildman–Crippen MR) is 73.1 cm³/mol. The number of hydrogen-bond acceptors (Lipinski definition) is 3. The third kappa shape index (κ3) is 3.49. The number of benzene rings is 1. The van der Waals surface area contributed by atoms with Crippen molar-refractivity contribution in [1.82, 2.24) is 0 Å². The molecule has 1 atom stereocenters. The first-order valence-corrected chi connectivity index (χ1v) is 6.67. The van der Waals surface area contributed by atoms with Crippen molar-refractivity contribution in [3.63, 3.8) is 0 Å². The summed E-state index contributed by atoms with van der Waals surface area (Å²) in [4.78, 5) is 5.03. The largest absolute Gasteiger partial charge is 0.493 e. The molecule has 18 heavy (non-hydrogen) atoms. The van der Waals surface area contributed by atoms with Gasteiger partial charge in [-0.05, 0) is 37.5 Å². The van der Waals surface area contributed by atoms with Gasteiger partial charge in [0.15, 0.2) is 0 Å². The van der Waals surface area contributed by atoms with Crippen molar-refractivity contribution in [1.29, 1.82) is 0 Å². The molecule has 0 saturated heterocycles. The van der Waals surface area contributed by atoms with Crippen molar-refractivity contribution in [3.8, 4) is 5.75 Å². The van der Waals surface area contributed by atoms with Crippen molar-refractivity contribution < 1.29 is 9.57 Å². The van der Waals surface area contributed by atoms with Crippen molar-refractivity contribution in [2.75, 3.05) is 13.2 Å².